The lowest BCUT2D eigenvalue weighted by Gasteiger charge is -2.39. The highest BCUT2D eigenvalue weighted by atomic mass is 28.4. The number of imide groups is 1. The maximum absolute atomic E-state index is 13.5. The highest BCUT2D eigenvalue weighted by molar-refractivity contribution is 6.76. The summed E-state index contributed by atoms with van der Waals surface area (Å²) in [6, 6.07) is 7.14. The number of benzene rings is 1. The first-order valence-electron chi connectivity index (χ1n) is 12.1. The number of hydrogen-bond donors (Lipinski definition) is 0. The third-order valence-electron chi connectivity index (χ3n) is 6.86. The van der Waals surface area contributed by atoms with Crippen LogP contribution in [0.15, 0.2) is 24.3 Å². The van der Waals surface area contributed by atoms with Gasteiger partial charge >= 0.3 is 6.09 Å². The number of ether oxygens (including phenoxy) is 1. The highest BCUT2D eigenvalue weighted by Gasteiger charge is 2.48. The first-order valence-corrected chi connectivity index (χ1v) is 18.7. The Kier molecular flexibility index (Phi) is 9.07. The molecule has 1 heterocycles. The van der Waals surface area contributed by atoms with E-state index < -0.39 is 45.3 Å². The molecule has 9 nitrogen and oxygen atoms in total. The number of nitrogens with zero attached hydrogens (tertiary/aromatic N) is 3. The van der Waals surface area contributed by atoms with Crippen molar-refractivity contribution in [3.63, 3.8) is 0 Å². The van der Waals surface area contributed by atoms with E-state index >= 15 is 0 Å². The third kappa shape index (κ3) is 7.45. The van der Waals surface area contributed by atoms with Crippen LogP contribution in [0.1, 0.15) is 33.3 Å². The van der Waals surface area contributed by atoms with Crippen molar-refractivity contribution in [2.45, 2.75) is 84.2 Å². The molecule has 0 spiro atoms. The van der Waals surface area contributed by atoms with Gasteiger partial charge in [-0.05, 0) is 31.1 Å². The van der Waals surface area contributed by atoms with Gasteiger partial charge in [-0.1, -0.05) is 58.6 Å². The standard InChI is InChI=1S/C24H41N3O6Si2/c1-18(33-35(8,9)24(2,3)4)20-17-25(16-19-12-10-11-13-21(19)27(30)31)26(22(20)28)23(29)32-14-15-34(5,6)7/h10-13,18,20H,14-17H2,1-9H3/t18-,20+/m1/s1. The zero-order chi connectivity index (χ0) is 26.8. The Morgan fingerprint density at radius 2 is 1.80 bits per heavy atom. The third-order valence-corrected chi connectivity index (χ3v) is 13.1. The van der Waals surface area contributed by atoms with Gasteiger partial charge in [0, 0.05) is 26.2 Å². The minimum atomic E-state index is -2.17. The van der Waals surface area contributed by atoms with Gasteiger partial charge in [0.1, 0.15) is 0 Å². The van der Waals surface area contributed by atoms with E-state index in [0.29, 0.717) is 5.56 Å². The summed E-state index contributed by atoms with van der Waals surface area (Å²) in [6.07, 6.45) is -1.16. The van der Waals surface area contributed by atoms with Gasteiger partial charge in [-0.15, -0.1) is 0 Å². The average Bonchev–Trinajstić information content (AvgIpc) is 3.02. The van der Waals surface area contributed by atoms with E-state index in [4.69, 9.17) is 9.16 Å². The number of amides is 2. The summed E-state index contributed by atoms with van der Waals surface area (Å²) in [5, 5.41) is 14.1. The predicted molar refractivity (Wildman–Crippen MR) is 141 cm³/mol. The zero-order valence-corrected chi connectivity index (χ0v) is 24.6. The minimum Gasteiger partial charge on any atom is -0.448 e. The first-order chi connectivity index (χ1) is 15.9. The molecule has 2 amide bonds. The molecular formula is C24H41N3O6Si2. The summed E-state index contributed by atoms with van der Waals surface area (Å²) in [7, 11) is -3.61. The van der Waals surface area contributed by atoms with Crippen LogP contribution in [0.25, 0.3) is 0 Å². The van der Waals surface area contributed by atoms with Crippen LogP contribution in [0.4, 0.5) is 10.5 Å². The van der Waals surface area contributed by atoms with Crippen molar-refractivity contribution < 1.29 is 23.7 Å². The van der Waals surface area contributed by atoms with Gasteiger partial charge in [0.25, 0.3) is 11.6 Å². The molecule has 1 aromatic rings. The van der Waals surface area contributed by atoms with E-state index in [0.717, 1.165) is 11.1 Å². The summed E-state index contributed by atoms with van der Waals surface area (Å²) in [5.41, 5.74) is 0.366. The van der Waals surface area contributed by atoms with E-state index in [9.17, 15) is 19.7 Å². The van der Waals surface area contributed by atoms with E-state index in [1.54, 1.807) is 23.2 Å². The zero-order valence-electron chi connectivity index (χ0n) is 22.6. The molecule has 0 bridgehead atoms. The van der Waals surface area contributed by atoms with Crippen LogP contribution in [-0.4, -0.2) is 62.6 Å². The molecule has 11 heteroatoms. The molecule has 2 atom stereocenters. The summed E-state index contributed by atoms with van der Waals surface area (Å²) in [6.45, 7) is 19.5. The molecule has 1 saturated heterocycles. The van der Waals surface area contributed by atoms with Crippen molar-refractivity contribution in [1.29, 1.82) is 0 Å². The molecule has 1 aliphatic rings. The maximum Gasteiger partial charge on any atom is 0.431 e. The summed E-state index contributed by atoms with van der Waals surface area (Å²) in [4.78, 5) is 37.6. The van der Waals surface area contributed by atoms with E-state index in [1.165, 1.54) is 6.07 Å². The second-order valence-corrected chi connectivity index (χ2v) is 22.4. The number of nitro groups is 1. The van der Waals surface area contributed by atoms with Crippen molar-refractivity contribution in [3.05, 3.63) is 39.9 Å². The van der Waals surface area contributed by atoms with Crippen molar-refractivity contribution in [2.75, 3.05) is 13.2 Å². The molecule has 0 aliphatic carbocycles. The number of nitro benzene ring substituents is 1. The molecule has 196 valence electrons. The quantitative estimate of drug-likeness (QED) is 0.234. The van der Waals surface area contributed by atoms with Crippen LogP contribution in [-0.2, 0) is 20.5 Å². The largest absolute Gasteiger partial charge is 0.448 e. The second kappa shape index (κ2) is 10.9. The molecule has 35 heavy (non-hydrogen) atoms. The number of para-hydroxylation sites is 1. The Morgan fingerprint density at radius 3 is 2.34 bits per heavy atom. The summed E-state index contributed by atoms with van der Waals surface area (Å²) in [5.74, 6) is -0.982. The van der Waals surface area contributed by atoms with Gasteiger partial charge < -0.3 is 9.16 Å². The van der Waals surface area contributed by atoms with Gasteiger partial charge in [0.15, 0.2) is 8.32 Å². The molecule has 0 aromatic heterocycles. The van der Waals surface area contributed by atoms with E-state index in [-0.39, 0.29) is 30.4 Å². The first kappa shape index (κ1) is 29.1. The van der Waals surface area contributed by atoms with Crippen molar-refractivity contribution in [3.8, 4) is 0 Å². The SMILES string of the molecule is C[C@@H](O[Si](C)(C)C(C)(C)C)[C@@H]1CN(Cc2ccccc2[N+](=O)[O-])N(C(=O)OCC[Si](C)(C)C)C1=O. The summed E-state index contributed by atoms with van der Waals surface area (Å²) >= 11 is 0. The van der Waals surface area contributed by atoms with Crippen molar-refractivity contribution in [1.82, 2.24) is 10.0 Å². The van der Waals surface area contributed by atoms with Gasteiger partial charge in [-0.3, -0.25) is 14.9 Å². The van der Waals surface area contributed by atoms with Crippen molar-refractivity contribution in [2.24, 2.45) is 5.92 Å². The lowest BCUT2D eigenvalue weighted by Crippen LogP contribution is -2.47. The number of rotatable bonds is 9. The topological polar surface area (TPSA) is 102 Å². The Morgan fingerprint density at radius 1 is 1.20 bits per heavy atom. The van der Waals surface area contributed by atoms with Gasteiger partial charge in [0.05, 0.1) is 30.1 Å². The van der Waals surface area contributed by atoms with Crippen molar-refractivity contribution >= 4 is 34.1 Å². The van der Waals surface area contributed by atoms with E-state index in [1.807, 2.05) is 6.92 Å². The Balaban J connectivity index is 2.31. The molecule has 0 unspecified atom stereocenters. The Bertz CT molecular complexity index is 942. The summed E-state index contributed by atoms with van der Waals surface area (Å²) < 4.78 is 12.0. The second-order valence-electron chi connectivity index (χ2n) is 12.0. The smallest absolute Gasteiger partial charge is 0.431 e. The average molecular weight is 524 g/mol. The van der Waals surface area contributed by atoms with Gasteiger partial charge in [0.2, 0.25) is 0 Å². The fourth-order valence-corrected chi connectivity index (χ4v) is 5.78. The number of carbonyl (C=O) groups excluding carboxylic acids is 2. The lowest BCUT2D eigenvalue weighted by molar-refractivity contribution is -0.385. The molecule has 0 saturated carbocycles. The number of carbonyl (C=O) groups is 2. The molecule has 1 aliphatic heterocycles. The lowest BCUT2D eigenvalue weighted by atomic mass is 10.0. The van der Waals surface area contributed by atoms with Crippen LogP contribution in [0.5, 0.6) is 0 Å². The molecule has 0 radical (unpaired) electrons. The van der Waals surface area contributed by atoms with Crippen LogP contribution in [0.3, 0.4) is 0 Å². The molecule has 1 aromatic carbocycles. The fraction of sp³-hybridized carbons (Fsp3) is 0.667. The van der Waals surface area contributed by atoms with Gasteiger partial charge in [-0.2, -0.15) is 5.01 Å². The van der Waals surface area contributed by atoms with E-state index in [2.05, 4.69) is 53.5 Å². The Hall–Kier alpha value is -2.09. The molecular weight excluding hydrogens is 482 g/mol. The van der Waals surface area contributed by atoms with Crippen LogP contribution < -0.4 is 0 Å². The van der Waals surface area contributed by atoms with Gasteiger partial charge in [-0.25, -0.2) is 9.80 Å². The number of hydrazine groups is 1. The molecule has 0 N–H and O–H groups in total. The highest BCUT2D eigenvalue weighted by Crippen LogP contribution is 2.39. The molecule has 2 rings (SSSR count). The van der Waals surface area contributed by atoms with Crippen LogP contribution in [0.2, 0.25) is 43.8 Å². The molecule has 1 fully saturated rings. The monoisotopic (exact) mass is 523 g/mol. The normalized spacial score (nSPS) is 18.6. The predicted octanol–water partition coefficient (Wildman–Crippen LogP) is 5.66. The fourth-order valence-electron chi connectivity index (χ4n) is 3.62. The number of hydrogen-bond acceptors (Lipinski definition) is 7. The van der Waals surface area contributed by atoms with Crippen LogP contribution >= 0.6 is 0 Å². The Labute approximate surface area is 211 Å². The minimum absolute atomic E-state index is 0.0370. The maximum atomic E-state index is 13.5. The van der Waals surface area contributed by atoms with Crippen LogP contribution in [0, 0.1) is 16.0 Å².